The third kappa shape index (κ3) is 3.50. The van der Waals surface area contributed by atoms with E-state index >= 15 is 0 Å². The molecule has 0 spiro atoms. The number of Topliss-reactive ketones (excluding diaryl/α,β-unsaturated/α-hetero) is 1. The van der Waals surface area contributed by atoms with Crippen molar-refractivity contribution in [1.29, 1.82) is 0 Å². The lowest BCUT2D eigenvalue weighted by Gasteiger charge is -2.34. The Bertz CT molecular complexity index is 1330. The maximum atomic E-state index is 13.6. The van der Waals surface area contributed by atoms with Crippen molar-refractivity contribution in [2.45, 2.75) is 18.9 Å². The third-order valence-corrected chi connectivity index (χ3v) is 5.92. The van der Waals surface area contributed by atoms with E-state index in [4.69, 9.17) is 10.2 Å². The van der Waals surface area contributed by atoms with Crippen LogP contribution in [0.5, 0.6) is 0 Å². The van der Waals surface area contributed by atoms with Gasteiger partial charge in [-0.2, -0.15) is 15.0 Å². The number of aromatic nitrogens is 3. The highest BCUT2D eigenvalue weighted by Gasteiger charge is 2.41. The Hall–Kier alpha value is -4.05. The normalized spacial score (nSPS) is 13.0. The van der Waals surface area contributed by atoms with Crippen molar-refractivity contribution >= 4 is 16.8 Å². The van der Waals surface area contributed by atoms with Crippen LogP contribution in [0.3, 0.4) is 0 Å². The Morgan fingerprint density at radius 1 is 0.688 bits per heavy atom. The molecule has 0 amide bonds. The fourth-order valence-electron chi connectivity index (χ4n) is 4.20. The van der Waals surface area contributed by atoms with E-state index in [-0.39, 0.29) is 12.2 Å². The summed E-state index contributed by atoms with van der Waals surface area (Å²) >= 11 is 0. The van der Waals surface area contributed by atoms with E-state index in [9.17, 15) is 4.79 Å². The molecule has 0 bridgehead atoms. The first-order valence-electron chi connectivity index (χ1n) is 10.7. The standard InChI is InChI=1S/C28H23N3O/c1-21-16-18-24(19-17-21)28(23-12-6-3-7-13-23,20-27(32)22-10-4-2-5-11-22)31-29-25-14-8-9-15-26(25)30-31/h2-19H,20H2,1H3. The molecule has 5 rings (SSSR count). The minimum atomic E-state index is -0.888. The summed E-state index contributed by atoms with van der Waals surface area (Å²) in [6, 6.07) is 35.6. The van der Waals surface area contributed by atoms with Gasteiger partial charge in [0.15, 0.2) is 5.78 Å². The SMILES string of the molecule is Cc1ccc(C(CC(=O)c2ccccc2)(c2ccccc2)n2nc3ccccc3n2)cc1. The van der Waals surface area contributed by atoms with Crippen molar-refractivity contribution in [3.8, 4) is 0 Å². The predicted molar refractivity (Wildman–Crippen MR) is 127 cm³/mol. The largest absolute Gasteiger partial charge is 0.294 e. The van der Waals surface area contributed by atoms with Crippen LogP contribution in [0, 0.1) is 6.92 Å². The molecule has 0 saturated heterocycles. The number of rotatable bonds is 6. The number of aryl methyl sites for hydroxylation is 1. The van der Waals surface area contributed by atoms with Crippen molar-refractivity contribution in [2.75, 3.05) is 0 Å². The average Bonchev–Trinajstić information content (AvgIpc) is 3.29. The van der Waals surface area contributed by atoms with Crippen LogP contribution in [-0.4, -0.2) is 20.8 Å². The average molecular weight is 418 g/mol. The number of carbonyl (C=O) groups is 1. The lowest BCUT2D eigenvalue weighted by atomic mass is 9.78. The zero-order valence-corrected chi connectivity index (χ0v) is 17.8. The molecule has 4 heteroatoms. The molecule has 1 atom stereocenters. The van der Waals surface area contributed by atoms with Gasteiger partial charge in [0, 0.05) is 12.0 Å². The van der Waals surface area contributed by atoms with E-state index in [1.54, 1.807) is 4.80 Å². The molecule has 0 aliphatic rings. The maximum absolute atomic E-state index is 13.6. The number of fused-ring (bicyclic) bond motifs is 1. The lowest BCUT2D eigenvalue weighted by Crippen LogP contribution is -2.40. The van der Waals surface area contributed by atoms with Gasteiger partial charge >= 0.3 is 0 Å². The van der Waals surface area contributed by atoms with Gasteiger partial charge in [0.05, 0.1) is 0 Å². The van der Waals surface area contributed by atoms with Crippen LogP contribution in [0.4, 0.5) is 0 Å². The van der Waals surface area contributed by atoms with Crippen LogP contribution in [-0.2, 0) is 5.54 Å². The van der Waals surface area contributed by atoms with Crippen LogP contribution < -0.4 is 0 Å². The van der Waals surface area contributed by atoms with E-state index in [1.807, 2.05) is 84.9 Å². The first-order chi connectivity index (χ1) is 15.7. The first kappa shape index (κ1) is 19.9. The molecule has 4 nitrogen and oxygen atoms in total. The summed E-state index contributed by atoms with van der Waals surface area (Å²) in [6.07, 6.45) is 0.199. The van der Waals surface area contributed by atoms with Crippen molar-refractivity contribution in [3.63, 3.8) is 0 Å². The smallest absolute Gasteiger partial charge is 0.166 e. The summed E-state index contributed by atoms with van der Waals surface area (Å²) in [5, 5.41) is 9.72. The molecule has 0 aliphatic heterocycles. The van der Waals surface area contributed by atoms with E-state index in [0.717, 1.165) is 27.7 Å². The maximum Gasteiger partial charge on any atom is 0.166 e. The highest BCUT2D eigenvalue weighted by molar-refractivity contribution is 5.97. The lowest BCUT2D eigenvalue weighted by molar-refractivity contribution is 0.0940. The fraction of sp³-hybridized carbons (Fsp3) is 0.107. The molecule has 1 heterocycles. The molecular formula is C28H23N3O. The fourth-order valence-corrected chi connectivity index (χ4v) is 4.20. The predicted octanol–water partition coefficient (Wildman–Crippen LogP) is 5.80. The molecule has 0 N–H and O–H groups in total. The third-order valence-electron chi connectivity index (χ3n) is 5.92. The molecular weight excluding hydrogens is 394 g/mol. The molecule has 0 radical (unpaired) electrons. The molecule has 0 saturated carbocycles. The number of ketones is 1. The van der Waals surface area contributed by atoms with Crippen molar-refractivity contribution in [2.24, 2.45) is 0 Å². The van der Waals surface area contributed by atoms with Gasteiger partial charge in [-0.25, -0.2) is 0 Å². The van der Waals surface area contributed by atoms with Crippen molar-refractivity contribution in [1.82, 2.24) is 15.0 Å². The monoisotopic (exact) mass is 417 g/mol. The van der Waals surface area contributed by atoms with E-state index in [2.05, 4.69) is 31.2 Å². The summed E-state index contributed by atoms with van der Waals surface area (Å²) in [6.45, 7) is 2.06. The van der Waals surface area contributed by atoms with E-state index in [0.29, 0.717) is 5.56 Å². The summed E-state index contributed by atoms with van der Waals surface area (Å²) in [7, 11) is 0. The summed E-state index contributed by atoms with van der Waals surface area (Å²) in [5.74, 6) is 0.0383. The second kappa shape index (κ2) is 8.23. The second-order valence-corrected chi connectivity index (χ2v) is 8.04. The van der Waals surface area contributed by atoms with Crippen LogP contribution in [0.2, 0.25) is 0 Å². The number of carbonyl (C=O) groups excluding carboxylic acids is 1. The van der Waals surface area contributed by atoms with Gasteiger partial charge in [0.25, 0.3) is 0 Å². The van der Waals surface area contributed by atoms with Gasteiger partial charge in [-0.05, 0) is 30.2 Å². The molecule has 156 valence electrons. The molecule has 5 aromatic rings. The number of hydrogen-bond acceptors (Lipinski definition) is 3. The van der Waals surface area contributed by atoms with Gasteiger partial charge in [0.1, 0.15) is 16.6 Å². The van der Waals surface area contributed by atoms with E-state index in [1.165, 1.54) is 0 Å². The first-order valence-corrected chi connectivity index (χ1v) is 10.7. The molecule has 4 aromatic carbocycles. The van der Waals surface area contributed by atoms with Crippen LogP contribution in [0.1, 0.15) is 33.5 Å². The van der Waals surface area contributed by atoms with Crippen molar-refractivity contribution in [3.05, 3.63) is 131 Å². The summed E-state index contributed by atoms with van der Waals surface area (Å²) < 4.78 is 0. The Morgan fingerprint density at radius 2 is 1.19 bits per heavy atom. The Balaban J connectivity index is 1.78. The zero-order chi connectivity index (χ0) is 22.0. The highest BCUT2D eigenvalue weighted by atomic mass is 16.1. The summed E-state index contributed by atoms with van der Waals surface area (Å²) in [5.41, 5.74) is 4.48. The zero-order valence-electron chi connectivity index (χ0n) is 17.8. The molecule has 1 aromatic heterocycles. The van der Waals surface area contributed by atoms with E-state index < -0.39 is 5.54 Å². The Labute approximate surface area is 187 Å². The quantitative estimate of drug-likeness (QED) is 0.328. The van der Waals surface area contributed by atoms with Crippen LogP contribution in [0.15, 0.2) is 109 Å². The highest BCUT2D eigenvalue weighted by Crippen LogP contribution is 2.38. The minimum absolute atomic E-state index is 0.0383. The minimum Gasteiger partial charge on any atom is -0.294 e. The van der Waals surface area contributed by atoms with Crippen LogP contribution in [0.25, 0.3) is 11.0 Å². The molecule has 32 heavy (non-hydrogen) atoms. The molecule has 0 fully saturated rings. The van der Waals surface area contributed by atoms with Crippen LogP contribution >= 0.6 is 0 Å². The van der Waals surface area contributed by atoms with Gasteiger partial charge in [-0.3, -0.25) is 4.79 Å². The topological polar surface area (TPSA) is 47.8 Å². The van der Waals surface area contributed by atoms with Gasteiger partial charge in [-0.1, -0.05) is 103 Å². The Morgan fingerprint density at radius 3 is 1.78 bits per heavy atom. The van der Waals surface area contributed by atoms with Gasteiger partial charge in [-0.15, -0.1) is 0 Å². The number of nitrogens with zero attached hydrogens (tertiary/aromatic N) is 3. The summed E-state index contributed by atoms with van der Waals surface area (Å²) in [4.78, 5) is 15.3. The van der Waals surface area contributed by atoms with Gasteiger partial charge in [0.2, 0.25) is 0 Å². The Kier molecular flexibility index (Phi) is 5.12. The van der Waals surface area contributed by atoms with Crippen molar-refractivity contribution < 1.29 is 4.79 Å². The number of hydrogen-bond donors (Lipinski definition) is 0. The molecule has 0 aliphatic carbocycles. The van der Waals surface area contributed by atoms with Gasteiger partial charge < -0.3 is 0 Å². The molecule has 1 unspecified atom stereocenters. The second-order valence-electron chi connectivity index (χ2n) is 8.04. The number of benzene rings is 4.